The first-order chi connectivity index (χ1) is 10.7. The molecule has 0 aliphatic carbocycles. The Bertz CT molecular complexity index is 586. The fourth-order valence-electron chi connectivity index (χ4n) is 2.35. The van der Waals surface area contributed by atoms with Crippen LogP contribution in [0, 0.1) is 5.92 Å². The van der Waals surface area contributed by atoms with Crippen molar-refractivity contribution in [3.63, 3.8) is 0 Å². The Hall–Kier alpha value is -2.44. The van der Waals surface area contributed by atoms with Gasteiger partial charge in [0.25, 0.3) is 0 Å². The van der Waals surface area contributed by atoms with Gasteiger partial charge >= 0.3 is 5.97 Å². The van der Waals surface area contributed by atoms with Crippen LogP contribution in [0.5, 0.6) is 11.5 Å². The molecule has 7 heteroatoms. The first kappa shape index (κ1) is 18.6. The predicted molar refractivity (Wildman–Crippen MR) is 87.5 cm³/mol. The minimum Gasteiger partial charge on any atom is -0.506 e. The highest BCUT2D eigenvalue weighted by atomic mass is 16.4. The fraction of sp³-hybridized carbons (Fsp3) is 0.500. The average molecular weight is 324 g/mol. The second-order valence-electron chi connectivity index (χ2n) is 5.86. The third-order valence-corrected chi connectivity index (χ3v) is 3.46. The Morgan fingerprint density at radius 3 is 2.35 bits per heavy atom. The number of nitrogens with zero attached hydrogens (tertiary/aromatic N) is 1. The zero-order chi connectivity index (χ0) is 17.7. The highest BCUT2D eigenvalue weighted by Gasteiger charge is 2.33. The van der Waals surface area contributed by atoms with Crippen molar-refractivity contribution in [3.8, 4) is 11.5 Å². The third kappa shape index (κ3) is 4.28. The standard InChI is InChI=1S/C16H24N2O5/c1-4-5-13(20)18(11(16(22)23)8-9(2)3)10-6-7-12(19)14(17)15(10)21/h6-7,9,11,19,21H,4-5,8,17H2,1-3H3,(H,22,23)/t11-/m0/s1. The van der Waals surface area contributed by atoms with Gasteiger partial charge in [-0.05, 0) is 30.9 Å². The van der Waals surface area contributed by atoms with Crippen LogP contribution in [0.15, 0.2) is 12.1 Å². The van der Waals surface area contributed by atoms with Crippen LogP contribution >= 0.6 is 0 Å². The van der Waals surface area contributed by atoms with Crippen LogP contribution in [0.3, 0.4) is 0 Å². The molecule has 0 aromatic heterocycles. The highest BCUT2D eigenvalue weighted by molar-refractivity contribution is 6.01. The predicted octanol–water partition coefficient (Wildman–Crippen LogP) is 2.31. The lowest BCUT2D eigenvalue weighted by Crippen LogP contribution is -2.46. The van der Waals surface area contributed by atoms with Gasteiger partial charge in [-0.3, -0.25) is 9.69 Å². The third-order valence-electron chi connectivity index (χ3n) is 3.46. The van der Waals surface area contributed by atoms with Gasteiger partial charge in [0.1, 0.15) is 17.5 Å². The van der Waals surface area contributed by atoms with Crippen molar-refractivity contribution in [3.05, 3.63) is 12.1 Å². The van der Waals surface area contributed by atoms with Gasteiger partial charge in [-0.15, -0.1) is 0 Å². The maximum atomic E-state index is 12.5. The molecule has 1 atom stereocenters. The molecule has 1 amide bonds. The molecule has 1 aromatic carbocycles. The van der Waals surface area contributed by atoms with Crippen molar-refractivity contribution in [2.24, 2.45) is 5.92 Å². The summed E-state index contributed by atoms with van der Waals surface area (Å²) in [5, 5.41) is 29.2. The number of hydrogen-bond acceptors (Lipinski definition) is 5. The van der Waals surface area contributed by atoms with E-state index in [4.69, 9.17) is 5.73 Å². The topological polar surface area (TPSA) is 124 Å². The number of carbonyl (C=O) groups excluding carboxylic acids is 1. The van der Waals surface area contributed by atoms with Gasteiger partial charge in [-0.2, -0.15) is 0 Å². The monoisotopic (exact) mass is 324 g/mol. The summed E-state index contributed by atoms with van der Waals surface area (Å²) < 4.78 is 0. The normalized spacial score (nSPS) is 12.2. The molecule has 7 nitrogen and oxygen atoms in total. The maximum absolute atomic E-state index is 12.5. The number of carboxylic acid groups (broad SMARTS) is 1. The Morgan fingerprint density at radius 2 is 1.87 bits per heavy atom. The zero-order valence-electron chi connectivity index (χ0n) is 13.6. The fourth-order valence-corrected chi connectivity index (χ4v) is 2.35. The van der Waals surface area contributed by atoms with Crippen LogP contribution in [0.4, 0.5) is 11.4 Å². The Kier molecular flexibility index (Phi) is 6.24. The van der Waals surface area contributed by atoms with Crippen molar-refractivity contribution in [2.75, 3.05) is 10.6 Å². The van der Waals surface area contributed by atoms with E-state index >= 15 is 0 Å². The van der Waals surface area contributed by atoms with Crippen molar-refractivity contribution >= 4 is 23.3 Å². The van der Waals surface area contributed by atoms with Crippen LogP contribution < -0.4 is 10.6 Å². The zero-order valence-corrected chi connectivity index (χ0v) is 13.6. The number of aliphatic carboxylic acids is 1. The molecule has 128 valence electrons. The molecule has 1 aromatic rings. The van der Waals surface area contributed by atoms with Crippen LogP contribution in [0.2, 0.25) is 0 Å². The molecule has 0 heterocycles. The number of phenolic OH excluding ortho intramolecular Hbond substituents is 2. The number of amides is 1. The summed E-state index contributed by atoms with van der Waals surface area (Å²) >= 11 is 0. The van der Waals surface area contributed by atoms with Gasteiger partial charge in [0.15, 0.2) is 5.75 Å². The van der Waals surface area contributed by atoms with Gasteiger partial charge < -0.3 is 21.1 Å². The minimum atomic E-state index is -1.16. The molecule has 0 spiro atoms. The lowest BCUT2D eigenvalue weighted by molar-refractivity contribution is -0.140. The van der Waals surface area contributed by atoms with Crippen molar-refractivity contribution in [2.45, 2.75) is 46.1 Å². The van der Waals surface area contributed by atoms with Crippen LogP contribution in [0.25, 0.3) is 0 Å². The van der Waals surface area contributed by atoms with Crippen molar-refractivity contribution in [1.29, 1.82) is 0 Å². The molecule has 1 rings (SSSR count). The molecule has 0 bridgehead atoms. The molecule has 0 saturated carbocycles. The van der Waals surface area contributed by atoms with Gasteiger partial charge in [0, 0.05) is 6.42 Å². The van der Waals surface area contributed by atoms with Crippen LogP contribution in [-0.4, -0.2) is 33.2 Å². The SMILES string of the molecule is CCCC(=O)N(c1ccc(O)c(N)c1O)[C@@H](CC(C)C)C(=O)O. The van der Waals surface area contributed by atoms with Gasteiger partial charge in [-0.25, -0.2) is 4.79 Å². The smallest absolute Gasteiger partial charge is 0.326 e. The quantitative estimate of drug-likeness (QED) is 0.450. The number of carboxylic acids is 1. The van der Waals surface area contributed by atoms with Crippen LogP contribution in [-0.2, 0) is 9.59 Å². The Balaban J connectivity index is 3.43. The van der Waals surface area contributed by atoms with Gasteiger partial charge in [0.2, 0.25) is 5.91 Å². The molecule has 0 fully saturated rings. The number of carbonyl (C=O) groups is 2. The van der Waals surface area contributed by atoms with Gasteiger partial charge in [0.05, 0.1) is 5.69 Å². The number of nitrogen functional groups attached to an aromatic ring is 1. The first-order valence-electron chi connectivity index (χ1n) is 7.55. The number of nitrogens with two attached hydrogens (primary N) is 1. The molecule has 0 aliphatic heterocycles. The highest BCUT2D eigenvalue weighted by Crippen LogP contribution is 2.40. The number of phenols is 2. The largest absolute Gasteiger partial charge is 0.506 e. The van der Waals surface area contributed by atoms with E-state index in [1.54, 1.807) is 6.92 Å². The summed E-state index contributed by atoms with van der Waals surface area (Å²) in [4.78, 5) is 25.2. The number of hydrogen-bond donors (Lipinski definition) is 4. The van der Waals surface area contributed by atoms with Gasteiger partial charge in [-0.1, -0.05) is 20.8 Å². The Morgan fingerprint density at radius 1 is 1.26 bits per heavy atom. The number of anilines is 2. The lowest BCUT2D eigenvalue weighted by Gasteiger charge is -2.31. The first-order valence-corrected chi connectivity index (χ1v) is 7.55. The van der Waals surface area contributed by atoms with E-state index in [-0.39, 0.29) is 35.9 Å². The molecule has 0 radical (unpaired) electrons. The average Bonchev–Trinajstić information content (AvgIpc) is 2.46. The number of rotatable bonds is 7. The van der Waals surface area contributed by atoms with E-state index in [0.29, 0.717) is 6.42 Å². The van der Waals surface area contributed by atoms with Crippen LogP contribution in [0.1, 0.15) is 40.0 Å². The summed E-state index contributed by atoms with van der Waals surface area (Å²) in [6.45, 7) is 5.51. The van der Waals surface area contributed by atoms with E-state index in [9.17, 15) is 24.9 Å². The molecule has 0 unspecified atom stereocenters. The maximum Gasteiger partial charge on any atom is 0.326 e. The van der Waals surface area contributed by atoms with E-state index in [2.05, 4.69) is 0 Å². The second-order valence-corrected chi connectivity index (χ2v) is 5.86. The number of aromatic hydroxyl groups is 2. The summed E-state index contributed by atoms with van der Waals surface area (Å²) in [7, 11) is 0. The van der Waals surface area contributed by atoms with E-state index in [0.717, 1.165) is 4.90 Å². The summed E-state index contributed by atoms with van der Waals surface area (Å²) in [5.41, 5.74) is 5.29. The Labute approximate surface area is 135 Å². The number of benzene rings is 1. The summed E-state index contributed by atoms with van der Waals surface area (Å²) in [5.74, 6) is -2.37. The molecule has 0 saturated heterocycles. The summed E-state index contributed by atoms with van der Waals surface area (Å²) in [6.07, 6.45) is 0.908. The molecule has 5 N–H and O–H groups in total. The lowest BCUT2D eigenvalue weighted by atomic mass is 10.0. The summed E-state index contributed by atoms with van der Waals surface area (Å²) in [6, 6.07) is 1.40. The van der Waals surface area contributed by atoms with E-state index in [1.807, 2.05) is 13.8 Å². The minimum absolute atomic E-state index is 0.00759. The van der Waals surface area contributed by atoms with E-state index < -0.39 is 23.7 Å². The second kappa shape index (κ2) is 7.71. The molecular weight excluding hydrogens is 300 g/mol. The van der Waals surface area contributed by atoms with Crippen molar-refractivity contribution < 1.29 is 24.9 Å². The molecule has 23 heavy (non-hydrogen) atoms. The van der Waals surface area contributed by atoms with E-state index in [1.165, 1.54) is 12.1 Å². The molecule has 0 aliphatic rings. The molecular formula is C16H24N2O5. The van der Waals surface area contributed by atoms with Crippen molar-refractivity contribution in [1.82, 2.24) is 0 Å².